The molecule has 0 N–H and O–H groups in total. The first-order valence-corrected chi connectivity index (χ1v) is 9.15. The van der Waals surface area contributed by atoms with Crippen LogP contribution in [0.15, 0.2) is 34.7 Å². The average molecular weight is 340 g/mol. The Morgan fingerprint density at radius 1 is 1.24 bits per heavy atom. The van der Waals surface area contributed by atoms with E-state index in [9.17, 15) is 4.79 Å². The smallest absolute Gasteiger partial charge is 0.229 e. The van der Waals surface area contributed by atoms with Gasteiger partial charge in [-0.1, -0.05) is 31.0 Å². The fourth-order valence-corrected chi connectivity index (χ4v) is 3.95. The molecule has 1 saturated carbocycles. The van der Waals surface area contributed by atoms with Crippen LogP contribution in [-0.4, -0.2) is 41.1 Å². The molecule has 0 bridgehead atoms. The van der Waals surface area contributed by atoms with Crippen LogP contribution in [0.3, 0.4) is 0 Å². The predicted molar refractivity (Wildman–Crippen MR) is 94.1 cm³/mol. The van der Waals surface area contributed by atoms with Gasteiger partial charge >= 0.3 is 0 Å². The average Bonchev–Trinajstić information content (AvgIpc) is 3.02. The zero-order chi connectivity index (χ0) is 17.2. The first-order valence-electron chi connectivity index (χ1n) is 9.15. The lowest BCUT2D eigenvalue weighted by molar-refractivity contribution is -0.148. The van der Waals surface area contributed by atoms with Crippen molar-refractivity contribution in [3.63, 3.8) is 0 Å². The summed E-state index contributed by atoms with van der Waals surface area (Å²) < 4.78 is 11.7. The third-order valence-corrected chi connectivity index (χ3v) is 5.28. The Hall–Kier alpha value is -2.14. The number of ether oxygens (including phenoxy) is 1. The molecule has 5 heteroatoms. The van der Waals surface area contributed by atoms with E-state index < -0.39 is 0 Å². The van der Waals surface area contributed by atoms with Crippen molar-refractivity contribution in [2.24, 2.45) is 0 Å². The van der Waals surface area contributed by atoms with Crippen LogP contribution < -0.4 is 0 Å². The standard InChI is InChI=1S/C20H24N2O3/c1-14-16(21-20(25-14)15-7-3-2-4-8-15)13-19(23)22-11-12-24-18-10-6-5-9-17(18)22/h2-4,7-8,17-18H,5-6,9-13H2,1H3/t17-,18+/m0/s1. The van der Waals surface area contributed by atoms with Crippen LogP contribution in [0.4, 0.5) is 0 Å². The van der Waals surface area contributed by atoms with Crippen LogP contribution in [0.5, 0.6) is 0 Å². The molecule has 5 nitrogen and oxygen atoms in total. The van der Waals surface area contributed by atoms with E-state index in [0.717, 1.165) is 29.9 Å². The van der Waals surface area contributed by atoms with Crippen molar-refractivity contribution in [2.45, 2.75) is 51.2 Å². The van der Waals surface area contributed by atoms with Crippen LogP contribution >= 0.6 is 0 Å². The van der Waals surface area contributed by atoms with Crippen LogP contribution in [0, 0.1) is 6.92 Å². The molecule has 1 aromatic heterocycles. The second-order valence-electron chi connectivity index (χ2n) is 6.91. The summed E-state index contributed by atoms with van der Waals surface area (Å²) in [5.41, 5.74) is 1.67. The topological polar surface area (TPSA) is 55.6 Å². The molecule has 25 heavy (non-hydrogen) atoms. The van der Waals surface area contributed by atoms with Crippen LogP contribution in [0.2, 0.25) is 0 Å². The van der Waals surface area contributed by atoms with Gasteiger partial charge in [-0.3, -0.25) is 4.79 Å². The van der Waals surface area contributed by atoms with Gasteiger partial charge in [0.1, 0.15) is 5.76 Å². The molecule has 1 aromatic carbocycles. The number of amides is 1. The maximum absolute atomic E-state index is 12.9. The second kappa shape index (κ2) is 7.00. The molecule has 1 aliphatic heterocycles. The maximum Gasteiger partial charge on any atom is 0.229 e. The molecule has 132 valence electrons. The summed E-state index contributed by atoms with van der Waals surface area (Å²) in [6.45, 7) is 3.20. The highest BCUT2D eigenvalue weighted by molar-refractivity contribution is 5.79. The monoisotopic (exact) mass is 340 g/mol. The lowest BCUT2D eigenvalue weighted by Gasteiger charge is -2.43. The van der Waals surface area contributed by atoms with Gasteiger partial charge in [0.05, 0.1) is 30.9 Å². The maximum atomic E-state index is 12.9. The number of carbonyl (C=O) groups is 1. The number of fused-ring (bicyclic) bond motifs is 1. The molecular formula is C20H24N2O3. The van der Waals surface area contributed by atoms with Gasteiger partial charge in [-0.05, 0) is 31.9 Å². The Bertz CT molecular complexity index is 739. The molecule has 0 unspecified atom stereocenters. The third-order valence-electron chi connectivity index (χ3n) is 5.28. The fourth-order valence-electron chi connectivity index (χ4n) is 3.95. The van der Waals surface area contributed by atoms with Gasteiger partial charge in [0, 0.05) is 12.1 Å². The van der Waals surface area contributed by atoms with Crippen molar-refractivity contribution in [3.8, 4) is 11.5 Å². The van der Waals surface area contributed by atoms with Crippen molar-refractivity contribution in [2.75, 3.05) is 13.2 Å². The van der Waals surface area contributed by atoms with E-state index in [1.165, 1.54) is 12.8 Å². The third kappa shape index (κ3) is 3.33. The van der Waals surface area contributed by atoms with Crippen molar-refractivity contribution in [1.82, 2.24) is 9.88 Å². The summed E-state index contributed by atoms with van der Waals surface area (Å²) in [7, 11) is 0. The van der Waals surface area contributed by atoms with E-state index in [0.29, 0.717) is 25.5 Å². The Balaban J connectivity index is 1.50. The van der Waals surface area contributed by atoms with Gasteiger partial charge in [-0.15, -0.1) is 0 Å². The number of rotatable bonds is 3. The SMILES string of the molecule is Cc1oc(-c2ccccc2)nc1CC(=O)N1CCO[C@@H]2CCCC[C@@H]21. The number of hydrogen-bond donors (Lipinski definition) is 0. The molecule has 1 amide bonds. The van der Waals surface area contributed by atoms with E-state index in [1.54, 1.807) is 0 Å². The number of oxazole rings is 1. The van der Waals surface area contributed by atoms with Gasteiger partial charge in [-0.25, -0.2) is 4.98 Å². The van der Waals surface area contributed by atoms with Gasteiger partial charge in [0.2, 0.25) is 11.8 Å². The van der Waals surface area contributed by atoms with Crippen LogP contribution in [0.25, 0.3) is 11.5 Å². The molecule has 1 saturated heterocycles. The molecule has 2 atom stereocenters. The fraction of sp³-hybridized carbons (Fsp3) is 0.500. The number of carbonyl (C=O) groups excluding carboxylic acids is 1. The van der Waals surface area contributed by atoms with E-state index in [4.69, 9.17) is 9.15 Å². The second-order valence-corrected chi connectivity index (χ2v) is 6.91. The number of morpholine rings is 1. The Morgan fingerprint density at radius 2 is 2.04 bits per heavy atom. The highest BCUT2D eigenvalue weighted by Crippen LogP contribution is 2.29. The van der Waals surface area contributed by atoms with E-state index in [2.05, 4.69) is 4.98 Å². The Labute approximate surface area is 148 Å². The molecule has 4 rings (SSSR count). The minimum Gasteiger partial charge on any atom is -0.441 e. The first-order chi connectivity index (χ1) is 12.2. The molecule has 0 spiro atoms. The van der Waals surface area contributed by atoms with Gasteiger partial charge in [0.15, 0.2) is 0 Å². The summed E-state index contributed by atoms with van der Waals surface area (Å²) in [6.07, 6.45) is 5.00. The predicted octanol–water partition coefficient (Wildman–Crippen LogP) is 3.36. The summed E-state index contributed by atoms with van der Waals surface area (Å²) in [4.78, 5) is 19.5. The van der Waals surface area contributed by atoms with E-state index in [-0.39, 0.29) is 18.1 Å². The normalized spacial score (nSPS) is 23.3. The number of hydrogen-bond acceptors (Lipinski definition) is 4. The van der Waals surface area contributed by atoms with Crippen LogP contribution in [-0.2, 0) is 16.0 Å². The number of aryl methyl sites for hydroxylation is 1. The molecular weight excluding hydrogens is 316 g/mol. The number of benzene rings is 1. The summed E-state index contributed by atoms with van der Waals surface area (Å²) in [5.74, 6) is 1.44. The van der Waals surface area contributed by atoms with Crippen molar-refractivity contribution in [1.29, 1.82) is 0 Å². The molecule has 2 aliphatic rings. The van der Waals surface area contributed by atoms with Gasteiger partial charge in [-0.2, -0.15) is 0 Å². The zero-order valence-corrected chi connectivity index (χ0v) is 14.6. The van der Waals surface area contributed by atoms with Gasteiger partial charge in [0.25, 0.3) is 0 Å². The number of nitrogens with zero attached hydrogens (tertiary/aromatic N) is 2. The summed E-state index contributed by atoms with van der Waals surface area (Å²) in [6, 6.07) is 10.0. The van der Waals surface area contributed by atoms with Crippen molar-refractivity contribution >= 4 is 5.91 Å². The number of aromatic nitrogens is 1. The summed E-state index contributed by atoms with van der Waals surface area (Å²) >= 11 is 0. The lowest BCUT2D eigenvalue weighted by Crippen LogP contribution is -2.55. The molecule has 2 fully saturated rings. The Kier molecular flexibility index (Phi) is 4.57. The lowest BCUT2D eigenvalue weighted by atomic mass is 9.90. The van der Waals surface area contributed by atoms with E-state index in [1.807, 2.05) is 42.2 Å². The highest BCUT2D eigenvalue weighted by atomic mass is 16.5. The minimum atomic E-state index is 0.135. The van der Waals surface area contributed by atoms with Crippen molar-refractivity contribution < 1.29 is 13.9 Å². The quantitative estimate of drug-likeness (QED) is 0.860. The molecule has 1 aliphatic carbocycles. The van der Waals surface area contributed by atoms with Gasteiger partial charge < -0.3 is 14.1 Å². The highest BCUT2D eigenvalue weighted by Gasteiger charge is 2.36. The molecule has 0 radical (unpaired) electrons. The zero-order valence-electron chi connectivity index (χ0n) is 14.6. The molecule has 2 aromatic rings. The van der Waals surface area contributed by atoms with Crippen molar-refractivity contribution in [3.05, 3.63) is 41.8 Å². The molecule has 2 heterocycles. The summed E-state index contributed by atoms with van der Waals surface area (Å²) in [5, 5.41) is 0. The first kappa shape index (κ1) is 16.3. The largest absolute Gasteiger partial charge is 0.441 e. The van der Waals surface area contributed by atoms with E-state index >= 15 is 0 Å². The van der Waals surface area contributed by atoms with Crippen LogP contribution in [0.1, 0.15) is 37.1 Å². The minimum absolute atomic E-state index is 0.135. The Morgan fingerprint density at radius 3 is 2.88 bits per heavy atom.